The molecule has 0 bridgehead atoms. The Morgan fingerprint density at radius 1 is 0.808 bits per heavy atom. The minimum Gasteiger partial charge on any atom is -0.507 e. The topological polar surface area (TPSA) is 74.6 Å². The molecule has 0 amide bonds. The Morgan fingerprint density at radius 2 is 1.46 bits per heavy atom. The lowest BCUT2D eigenvalue weighted by atomic mass is 9.85. The molecule has 4 heteroatoms. The molecule has 4 nitrogen and oxygen atoms in total. The lowest BCUT2D eigenvalue weighted by Gasteiger charge is -2.17. The summed E-state index contributed by atoms with van der Waals surface area (Å²) in [7, 11) is 0. The first-order valence-corrected chi connectivity index (χ1v) is 8.98. The molecule has 0 spiro atoms. The van der Waals surface area contributed by atoms with E-state index in [1.807, 2.05) is 24.3 Å². The number of fused-ring (bicyclic) bond motifs is 1. The Hall–Kier alpha value is -2.88. The third-order valence-electron chi connectivity index (χ3n) is 4.74. The fourth-order valence-corrected chi connectivity index (χ4v) is 3.28. The van der Waals surface area contributed by atoms with E-state index >= 15 is 0 Å². The molecule has 1 aliphatic carbocycles. The molecule has 0 unspecified atom stereocenters. The van der Waals surface area contributed by atoms with Crippen molar-refractivity contribution >= 4 is 17.1 Å². The summed E-state index contributed by atoms with van der Waals surface area (Å²) in [4.78, 5) is 25.1. The minimum absolute atomic E-state index is 0.129. The van der Waals surface area contributed by atoms with E-state index in [0.717, 1.165) is 12.8 Å². The normalized spacial score (nSPS) is 13.5. The van der Waals surface area contributed by atoms with Crippen LogP contribution in [0, 0.1) is 0 Å². The zero-order valence-corrected chi connectivity index (χ0v) is 14.8. The maximum Gasteiger partial charge on any atom is 0.198 e. The Bertz CT molecular complexity index is 876. The van der Waals surface area contributed by atoms with Gasteiger partial charge in [-0.15, -0.1) is 0 Å². The smallest absolute Gasteiger partial charge is 0.198 e. The predicted molar refractivity (Wildman–Crippen MR) is 101 cm³/mol. The van der Waals surface area contributed by atoms with Crippen LogP contribution in [-0.4, -0.2) is 21.8 Å². The molecule has 0 fully saturated rings. The van der Waals surface area contributed by atoms with Gasteiger partial charge in [0.05, 0.1) is 11.1 Å². The van der Waals surface area contributed by atoms with Crippen molar-refractivity contribution in [2.45, 2.75) is 39.0 Å². The lowest BCUT2D eigenvalue weighted by Crippen LogP contribution is -2.16. The van der Waals surface area contributed by atoms with Gasteiger partial charge in [0.15, 0.2) is 11.6 Å². The van der Waals surface area contributed by atoms with Crippen molar-refractivity contribution in [1.82, 2.24) is 0 Å². The molecule has 0 aliphatic heterocycles. The number of aryl methyl sites for hydroxylation is 1. The van der Waals surface area contributed by atoms with E-state index < -0.39 is 11.6 Å². The third kappa shape index (κ3) is 3.40. The van der Waals surface area contributed by atoms with Gasteiger partial charge >= 0.3 is 0 Å². The highest BCUT2D eigenvalue weighted by atomic mass is 16.3. The molecule has 0 heterocycles. The fraction of sp³-hybridized carbons (Fsp3) is 0.273. The highest BCUT2D eigenvalue weighted by Crippen LogP contribution is 2.37. The standard InChI is InChI=1S/C22H22O4/c1-2-3-4-5-6-14-7-9-15(10-8-14)16-13-19(25)20-17(23)11-12-18(24)21(20)22(16)26/h7-13,23-24H,2-6H2,1H3. The molecule has 0 radical (unpaired) electrons. The number of Topliss-reactive ketones (excluding diaryl/α,β-unsaturated/α-hetero) is 1. The average Bonchev–Trinajstić information content (AvgIpc) is 2.64. The summed E-state index contributed by atoms with van der Waals surface area (Å²) in [5.41, 5.74) is 1.80. The molecule has 0 saturated carbocycles. The van der Waals surface area contributed by atoms with Crippen molar-refractivity contribution in [2.24, 2.45) is 0 Å². The van der Waals surface area contributed by atoms with Gasteiger partial charge < -0.3 is 10.2 Å². The van der Waals surface area contributed by atoms with E-state index in [9.17, 15) is 19.8 Å². The Labute approximate surface area is 152 Å². The van der Waals surface area contributed by atoms with Crippen LogP contribution < -0.4 is 0 Å². The van der Waals surface area contributed by atoms with Gasteiger partial charge in [-0.25, -0.2) is 0 Å². The molecule has 2 aromatic carbocycles. The van der Waals surface area contributed by atoms with Crippen LogP contribution in [0.4, 0.5) is 0 Å². The number of unbranched alkanes of at least 4 members (excludes halogenated alkanes) is 3. The summed E-state index contributed by atoms with van der Waals surface area (Å²) in [6.07, 6.45) is 7.00. The van der Waals surface area contributed by atoms with Crippen LogP contribution in [0.3, 0.4) is 0 Å². The second-order valence-electron chi connectivity index (χ2n) is 6.61. The van der Waals surface area contributed by atoms with Crippen molar-refractivity contribution in [1.29, 1.82) is 0 Å². The molecule has 0 aromatic heterocycles. The van der Waals surface area contributed by atoms with E-state index in [4.69, 9.17) is 0 Å². The number of aromatic hydroxyl groups is 2. The van der Waals surface area contributed by atoms with Crippen molar-refractivity contribution in [3.63, 3.8) is 0 Å². The first kappa shape index (κ1) is 17.9. The van der Waals surface area contributed by atoms with Gasteiger partial charge in [-0.1, -0.05) is 50.5 Å². The van der Waals surface area contributed by atoms with E-state index in [0.29, 0.717) is 5.56 Å². The van der Waals surface area contributed by atoms with Gasteiger partial charge in [0.2, 0.25) is 0 Å². The molecule has 0 saturated heterocycles. The fourth-order valence-electron chi connectivity index (χ4n) is 3.28. The largest absolute Gasteiger partial charge is 0.507 e. The van der Waals surface area contributed by atoms with Crippen LogP contribution >= 0.6 is 0 Å². The number of phenolic OH excluding ortho intramolecular Hbond substituents is 2. The quantitative estimate of drug-likeness (QED) is 0.586. The number of rotatable bonds is 6. The summed E-state index contributed by atoms with van der Waals surface area (Å²) >= 11 is 0. The van der Waals surface area contributed by atoms with Gasteiger partial charge in [0.25, 0.3) is 0 Å². The zero-order chi connectivity index (χ0) is 18.7. The summed E-state index contributed by atoms with van der Waals surface area (Å²) in [6, 6.07) is 10.0. The van der Waals surface area contributed by atoms with Crippen LogP contribution in [0.2, 0.25) is 0 Å². The number of hydrogen-bond acceptors (Lipinski definition) is 4. The van der Waals surface area contributed by atoms with Crippen molar-refractivity contribution in [2.75, 3.05) is 0 Å². The number of ketones is 2. The maximum absolute atomic E-state index is 12.8. The summed E-state index contributed by atoms with van der Waals surface area (Å²) in [6.45, 7) is 2.18. The molecule has 1 aliphatic rings. The Balaban J connectivity index is 1.85. The minimum atomic E-state index is -0.480. The Kier molecular flexibility index (Phi) is 5.21. The molecule has 134 valence electrons. The van der Waals surface area contributed by atoms with Crippen molar-refractivity contribution in [3.05, 3.63) is 64.7 Å². The van der Waals surface area contributed by atoms with E-state index in [2.05, 4.69) is 6.92 Å². The average molecular weight is 350 g/mol. The summed E-state index contributed by atoms with van der Waals surface area (Å²) in [5, 5.41) is 19.9. The second-order valence-corrected chi connectivity index (χ2v) is 6.61. The van der Waals surface area contributed by atoms with Crippen molar-refractivity contribution in [3.8, 4) is 11.5 Å². The van der Waals surface area contributed by atoms with Crippen LogP contribution in [0.5, 0.6) is 11.5 Å². The first-order valence-electron chi connectivity index (χ1n) is 8.98. The van der Waals surface area contributed by atoms with Crippen LogP contribution in [0.15, 0.2) is 42.5 Å². The van der Waals surface area contributed by atoms with E-state index in [-0.39, 0.29) is 28.2 Å². The number of phenols is 2. The second kappa shape index (κ2) is 7.56. The monoisotopic (exact) mass is 350 g/mol. The zero-order valence-electron chi connectivity index (χ0n) is 14.8. The Morgan fingerprint density at radius 3 is 2.12 bits per heavy atom. The number of benzene rings is 2. The van der Waals surface area contributed by atoms with Crippen LogP contribution in [0.25, 0.3) is 5.57 Å². The van der Waals surface area contributed by atoms with Gasteiger partial charge in [0, 0.05) is 5.57 Å². The SMILES string of the molecule is CCCCCCc1ccc(C2=CC(=O)c3c(O)ccc(O)c3C2=O)cc1. The molecule has 2 N–H and O–H groups in total. The van der Waals surface area contributed by atoms with Crippen LogP contribution in [0.1, 0.15) is 64.4 Å². The van der Waals surface area contributed by atoms with Gasteiger partial charge in [-0.05, 0) is 42.2 Å². The molecule has 3 rings (SSSR count). The van der Waals surface area contributed by atoms with Gasteiger partial charge in [0.1, 0.15) is 11.5 Å². The number of hydrogen-bond donors (Lipinski definition) is 2. The predicted octanol–water partition coefficient (Wildman–Crippen LogP) is 4.68. The van der Waals surface area contributed by atoms with Crippen molar-refractivity contribution < 1.29 is 19.8 Å². The first-order chi connectivity index (χ1) is 12.5. The lowest BCUT2D eigenvalue weighted by molar-refractivity contribution is 0.0996. The highest BCUT2D eigenvalue weighted by molar-refractivity contribution is 6.39. The number of carbonyl (C=O) groups excluding carboxylic acids is 2. The van der Waals surface area contributed by atoms with Gasteiger partial charge in [-0.2, -0.15) is 0 Å². The maximum atomic E-state index is 12.8. The molecular weight excluding hydrogens is 328 g/mol. The molecule has 26 heavy (non-hydrogen) atoms. The number of allylic oxidation sites excluding steroid dienone is 2. The highest BCUT2D eigenvalue weighted by Gasteiger charge is 2.31. The summed E-state index contributed by atoms with van der Waals surface area (Å²) in [5.74, 6) is -1.53. The summed E-state index contributed by atoms with van der Waals surface area (Å²) < 4.78 is 0. The molecular formula is C22H22O4. The molecule has 0 atom stereocenters. The van der Waals surface area contributed by atoms with E-state index in [1.54, 1.807) is 0 Å². The number of carbonyl (C=O) groups is 2. The van der Waals surface area contributed by atoms with Gasteiger partial charge in [-0.3, -0.25) is 9.59 Å². The molecule has 2 aromatic rings. The van der Waals surface area contributed by atoms with E-state index in [1.165, 1.54) is 43.0 Å². The van der Waals surface area contributed by atoms with Crippen LogP contribution in [-0.2, 0) is 6.42 Å². The third-order valence-corrected chi connectivity index (χ3v) is 4.74.